The number of aryl methyl sites for hydroxylation is 2. The Morgan fingerprint density at radius 1 is 1.14 bits per heavy atom. The fraction of sp³-hybridized carbons (Fsp3) is 0.500. The van der Waals surface area contributed by atoms with Crippen molar-refractivity contribution in [1.29, 1.82) is 0 Å². The minimum atomic E-state index is 0.511. The third kappa shape index (κ3) is 4.18. The van der Waals surface area contributed by atoms with Gasteiger partial charge in [-0.05, 0) is 43.4 Å². The molecule has 3 nitrogen and oxygen atoms in total. The van der Waals surface area contributed by atoms with Crippen molar-refractivity contribution in [1.82, 2.24) is 15.1 Å². The fourth-order valence-corrected chi connectivity index (χ4v) is 3.11. The number of hydrogen-bond donors (Lipinski definition) is 1. The van der Waals surface area contributed by atoms with Crippen molar-refractivity contribution in [3.63, 3.8) is 0 Å². The Labute approximate surface area is 128 Å². The largest absolute Gasteiger partial charge is 0.314 e. The first-order valence-corrected chi connectivity index (χ1v) is 8.01. The molecular weight excluding hydrogens is 258 g/mol. The van der Waals surface area contributed by atoms with Crippen molar-refractivity contribution < 1.29 is 0 Å². The average molecular weight is 285 g/mol. The number of benzene rings is 1. The average Bonchev–Trinajstić information content (AvgIpc) is 2.92. The molecule has 0 aliphatic rings. The smallest absolute Gasteiger partial charge is 0.0492 e. The molecule has 0 spiro atoms. The van der Waals surface area contributed by atoms with Crippen LogP contribution in [0.15, 0.2) is 42.6 Å². The van der Waals surface area contributed by atoms with E-state index in [-0.39, 0.29) is 0 Å². The molecule has 0 bridgehead atoms. The van der Waals surface area contributed by atoms with Gasteiger partial charge in [0.2, 0.25) is 0 Å². The van der Waals surface area contributed by atoms with Gasteiger partial charge in [-0.3, -0.25) is 4.68 Å². The summed E-state index contributed by atoms with van der Waals surface area (Å²) in [5.41, 5.74) is 2.75. The van der Waals surface area contributed by atoms with Crippen LogP contribution in [-0.2, 0) is 13.5 Å². The molecule has 0 fully saturated rings. The molecule has 0 aliphatic carbocycles. The number of nitrogens with one attached hydrogen (secondary N) is 1. The Balaban J connectivity index is 2.07. The van der Waals surface area contributed by atoms with Crippen LogP contribution in [0, 0.1) is 0 Å². The SMILES string of the molecule is CCNC(CCc1ccnn1C)C(CC)c1ccccc1. The molecule has 1 aromatic carbocycles. The van der Waals surface area contributed by atoms with Gasteiger partial charge in [0.15, 0.2) is 0 Å². The summed E-state index contributed by atoms with van der Waals surface area (Å²) < 4.78 is 1.98. The second-order valence-corrected chi connectivity index (χ2v) is 5.57. The van der Waals surface area contributed by atoms with Gasteiger partial charge in [-0.15, -0.1) is 0 Å². The Kier molecular flexibility index (Phi) is 6.00. The highest BCUT2D eigenvalue weighted by Gasteiger charge is 2.21. The molecule has 1 aromatic heterocycles. The van der Waals surface area contributed by atoms with Gasteiger partial charge in [-0.2, -0.15) is 5.10 Å². The van der Waals surface area contributed by atoms with Crippen LogP contribution >= 0.6 is 0 Å². The van der Waals surface area contributed by atoms with Crippen molar-refractivity contribution in [2.24, 2.45) is 7.05 Å². The fourth-order valence-electron chi connectivity index (χ4n) is 3.11. The van der Waals surface area contributed by atoms with Crippen LogP contribution in [0.5, 0.6) is 0 Å². The summed E-state index contributed by atoms with van der Waals surface area (Å²) in [5, 5.41) is 7.94. The lowest BCUT2D eigenvalue weighted by Crippen LogP contribution is -2.35. The third-order valence-corrected chi connectivity index (χ3v) is 4.25. The first-order chi connectivity index (χ1) is 10.3. The highest BCUT2D eigenvalue weighted by molar-refractivity contribution is 5.21. The van der Waals surface area contributed by atoms with Crippen molar-refractivity contribution in [2.45, 2.75) is 45.1 Å². The lowest BCUT2D eigenvalue weighted by Gasteiger charge is -2.27. The van der Waals surface area contributed by atoms with Crippen LogP contribution in [0.25, 0.3) is 0 Å². The minimum Gasteiger partial charge on any atom is -0.314 e. The molecule has 1 N–H and O–H groups in total. The van der Waals surface area contributed by atoms with Crippen molar-refractivity contribution >= 4 is 0 Å². The van der Waals surface area contributed by atoms with E-state index in [4.69, 9.17) is 0 Å². The van der Waals surface area contributed by atoms with E-state index in [1.54, 1.807) is 0 Å². The van der Waals surface area contributed by atoms with Crippen molar-refractivity contribution in [3.8, 4) is 0 Å². The van der Waals surface area contributed by atoms with Gasteiger partial charge in [-0.25, -0.2) is 0 Å². The van der Waals surface area contributed by atoms with Crippen molar-refractivity contribution in [2.75, 3.05) is 6.54 Å². The molecule has 114 valence electrons. The molecule has 3 heteroatoms. The lowest BCUT2D eigenvalue weighted by molar-refractivity contribution is 0.404. The molecule has 0 radical (unpaired) electrons. The summed E-state index contributed by atoms with van der Waals surface area (Å²) >= 11 is 0. The van der Waals surface area contributed by atoms with Gasteiger partial charge in [-0.1, -0.05) is 44.2 Å². The molecule has 2 unspecified atom stereocenters. The van der Waals surface area contributed by atoms with Crippen LogP contribution in [-0.4, -0.2) is 22.4 Å². The molecule has 1 heterocycles. The Morgan fingerprint density at radius 2 is 1.90 bits per heavy atom. The molecule has 21 heavy (non-hydrogen) atoms. The van der Waals surface area contributed by atoms with E-state index in [1.807, 2.05) is 17.9 Å². The number of rotatable bonds is 8. The monoisotopic (exact) mass is 285 g/mol. The zero-order valence-corrected chi connectivity index (χ0v) is 13.4. The first-order valence-electron chi connectivity index (χ1n) is 8.01. The molecular formula is C18H27N3. The van der Waals surface area contributed by atoms with Gasteiger partial charge in [0, 0.05) is 25.0 Å². The number of nitrogens with zero attached hydrogens (tertiary/aromatic N) is 2. The van der Waals surface area contributed by atoms with Gasteiger partial charge in [0.05, 0.1) is 0 Å². The molecule has 0 saturated heterocycles. The van der Waals surface area contributed by atoms with E-state index in [9.17, 15) is 0 Å². The molecule has 2 atom stereocenters. The van der Waals surface area contributed by atoms with E-state index in [0.717, 1.165) is 25.8 Å². The van der Waals surface area contributed by atoms with Crippen LogP contribution < -0.4 is 5.32 Å². The predicted octanol–water partition coefficient (Wildman–Crippen LogP) is 3.52. The molecule has 2 aromatic rings. The summed E-state index contributed by atoms with van der Waals surface area (Å²) in [6.07, 6.45) is 5.25. The van der Waals surface area contributed by atoms with E-state index in [0.29, 0.717) is 12.0 Å². The van der Waals surface area contributed by atoms with Gasteiger partial charge in [0.25, 0.3) is 0 Å². The second kappa shape index (κ2) is 7.99. The standard InChI is InChI=1S/C18H27N3/c1-4-17(15-9-7-6-8-10-15)18(19-5-2)12-11-16-13-14-20-21(16)3/h6-10,13-14,17-19H,4-5,11-12H2,1-3H3. The Morgan fingerprint density at radius 3 is 2.48 bits per heavy atom. The predicted molar refractivity (Wildman–Crippen MR) is 88.5 cm³/mol. The highest BCUT2D eigenvalue weighted by Crippen LogP contribution is 2.26. The van der Waals surface area contributed by atoms with Crippen LogP contribution in [0.2, 0.25) is 0 Å². The van der Waals surface area contributed by atoms with E-state index >= 15 is 0 Å². The Hall–Kier alpha value is -1.61. The van der Waals surface area contributed by atoms with Crippen LogP contribution in [0.4, 0.5) is 0 Å². The van der Waals surface area contributed by atoms with Crippen LogP contribution in [0.3, 0.4) is 0 Å². The van der Waals surface area contributed by atoms with E-state index in [2.05, 4.69) is 60.7 Å². The first kappa shape index (κ1) is 15.8. The van der Waals surface area contributed by atoms with Crippen LogP contribution in [0.1, 0.15) is 43.9 Å². The normalized spacial score (nSPS) is 14.0. The molecule has 0 amide bonds. The lowest BCUT2D eigenvalue weighted by atomic mass is 9.86. The summed E-state index contributed by atoms with van der Waals surface area (Å²) in [6, 6.07) is 13.5. The van der Waals surface area contributed by atoms with Gasteiger partial charge in [0.1, 0.15) is 0 Å². The zero-order valence-electron chi connectivity index (χ0n) is 13.4. The summed E-state index contributed by atoms with van der Waals surface area (Å²) in [7, 11) is 2.02. The second-order valence-electron chi connectivity index (χ2n) is 5.57. The molecule has 2 rings (SSSR count). The van der Waals surface area contributed by atoms with Gasteiger partial charge < -0.3 is 5.32 Å². The highest BCUT2D eigenvalue weighted by atomic mass is 15.2. The topological polar surface area (TPSA) is 29.9 Å². The maximum atomic E-state index is 4.26. The Bertz CT molecular complexity index is 518. The number of hydrogen-bond acceptors (Lipinski definition) is 2. The summed E-state index contributed by atoms with van der Waals surface area (Å²) in [6.45, 7) is 5.49. The number of aromatic nitrogens is 2. The molecule has 0 saturated carbocycles. The van der Waals surface area contributed by atoms with E-state index < -0.39 is 0 Å². The van der Waals surface area contributed by atoms with Crippen molar-refractivity contribution in [3.05, 3.63) is 53.9 Å². The van der Waals surface area contributed by atoms with Gasteiger partial charge >= 0.3 is 0 Å². The van der Waals surface area contributed by atoms with E-state index in [1.165, 1.54) is 11.3 Å². The summed E-state index contributed by atoms with van der Waals surface area (Å²) in [4.78, 5) is 0. The summed E-state index contributed by atoms with van der Waals surface area (Å²) in [5.74, 6) is 0.569. The number of likely N-dealkylation sites (N-methyl/N-ethyl adjacent to an activating group) is 1. The minimum absolute atomic E-state index is 0.511. The maximum absolute atomic E-state index is 4.26. The quantitative estimate of drug-likeness (QED) is 0.804. The maximum Gasteiger partial charge on any atom is 0.0492 e. The molecule has 0 aliphatic heterocycles. The zero-order chi connectivity index (χ0) is 15.1. The third-order valence-electron chi connectivity index (χ3n) is 4.25.